The van der Waals surface area contributed by atoms with Gasteiger partial charge in [0.15, 0.2) is 0 Å². The Morgan fingerprint density at radius 2 is 1.92 bits per heavy atom. The van der Waals surface area contributed by atoms with Gasteiger partial charge in [0.05, 0.1) is 18.2 Å². The lowest BCUT2D eigenvalue weighted by molar-refractivity contribution is -0.385. The van der Waals surface area contributed by atoms with Crippen LogP contribution in [0, 0.1) is 10.1 Å². The second-order valence-corrected chi connectivity index (χ2v) is 5.37. The Morgan fingerprint density at radius 3 is 2.56 bits per heavy atom. The molecule has 8 nitrogen and oxygen atoms in total. The number of aromatic nitrogens is 1. The zero-order chi connectivity index (χ0) is 18.2. The minimum Gasteiger partial charge on any atom is -0.497 e. The van der Waals surface area contributed by atoms with E-state index in [1.54, 1.807) is 31.4 Å². The topological polar surface area (TPSA) is 103 Å². The Hall–Kier alpha value is -3.16. The van der Waals surface area contributed by atoms with Gasteiger partial charge in [0.25, 0.3) is 17.2 Å². The number of hydrogen-bond donors (Lipinski definition) is 1. The molecule has 1 amide bonds. The van der Waals surface area contributed by atoms with Gasteiger partial charge in [-0.25, -0.2) is 0 Å². The zero-order valence-electron chi connectivity index (χ0n) is 13.8. The van der Waals surface area contributed by atoms with E-state index in [0.717, 1.165) is 0 Å². The van der Waals surface area contributed by atoms with Gasteiger partial charge in [-0.3, -0.25) is 19.7 Å². The van der Waals surface area contributed by atoms with E-state index < -0.39 is 4.92 Å². The van der Waals surface area contributed by atoms with Crippen molar-refractivity contribution in [2.45, 2.75) is 19.4 Å². The highest BCUT2D eigenvalue weighted by atomic mass is 16.6. The van der Waals surface area contributed by atoms with Crippen LogP contribution in [0.1, 0.15) is 23.2 Å². The van der Waals surface area contributed by atoms with E-state index in [1.807, 2.05) is 0 Å². The molecule has 8 heteroatoms. The van der Waals surface area contributed by atoms with Crippen molar-refractivity contribution in [1.29, 1.82) is 0 Å². The zero-order valence-corrected chi connectivity index (χ0v) is 13.8. The van der Waals surface area contributed by atoms with E-state index >= 15 is 0 Å². The summed E-state index contributed by atoms with van der Waals surface area (Å²) in [5.74, 6) is 0.495. The molecule has 2 aromatic rings. The number of unbranched alkanes of at least 4 members (excludes halogenated alkanes) is 1. The molecule has 0 spiro atoms. The molecule has 0 saturated heterocycles. The van der Waals surface area contributed by atoms with Crippen molar-refractivity contribution in [2.24, 2.45) is 0 Å². The molecule has 0 atom stereocenters. The summed E-state index contributed by atoms with van der Waals surface area (Å²) in [5.41, 5.74) is 0.135. The summed E-state index contributed by atoms with van der Waals surface area (Å²) in [6.07, 6.45) is 2.50. The number of carbonyl (C=O) groups excluding carboxylic acids is 1. The van der Waals surface area contributed by atoms with Crippen LogP contribution in [0.15, 0.2) is 47.4 Å². The molecule has 0 aliphatic carbocycles. The number of nitro groups is 1. The van der Waals surface area contributed by atoms with Crippen molar-refractivity contribution in [3.8, 4) is 5.75 Å². The molecule has 1 heterocycles. The standard InChI is InChI=1S/C17H19N3O5/c1-25-15-7-4-13(5-8-15)17(22)18-10-2-3-11-19-12-14(20(23)24)6-9-16(19)21/h4-9,12H,2-3,10-11H2,1H3,(H,18,22). The van der Waals surface area contributed by atoms with Gasteiger partial charge in [0.2, 0.25) is 0 Å². The minimum absolute atomic E-state index is 0.118. The number of benzene rings is 1. The van der Waals surface area contributed by atoms with Crippen molar-refractivity contribution >= 4 is 11.6 Å². The summed E-state index contributed by atoms with van der Waals surface area (Å²) in [6, 6.07) is 9.15. The first kappa shape index (κ1) is 18.2. The van der Waals surface area contributed by atoms with Crippen LogP contribution in [-0.2, 0) is 6.54 Å². The van der Waals surface area contributed by atoms with E-state index in [4.69, 9.17) is 4.74 Å². The number of ether oxygens (including phenoxy) is 1. The highest BCUT2D eigenvalue weighted by molar-refractivity contribution is 5.94. The van der Waals surface area contributed by atoms with Crippen molar-refractivity contribution < 1.29 is 14.5 Å². The molecule has 0 bridgehead atoms. The van der Waals surface area contributed by atoms with Gasteiger partial charge < -0.3 is 14.6 Å². The van der Waals surface area contributed by atoms with Crippen LogP contribution in [-0.4, -0.2) is 29.1 Å². The number of pyridine rings is 1. The molecule has 0 aliphatic heterocycles. The van der Waals surface area contributed by atoms with Crippen LogP contribution in [0.25, 0.3) is 0 Å². The number of hydrogen-bond acceptors (Lipinski definition) is 5. The molecule has 1 aromatic heterocycles. The van der Waals surface area contributed by atoms with Gasteiger partial charge in [-0.2, -0.15) is 0 Å². The average Bonchev–Trinajstić information content (AvgIpc) is 2.62. The highest BCUT2D eigenvalue weighted by Gasteiger charge is 2.08. The molecule has 0 radical (unpaired) electrons. The fourth-order valence-corrected chi connectivity index (χ4v) is 2.25. The van der Waals surface area contributed by atoms with E-state index in [2.05, 4.69) is 5.32 Å². The maximum atomic E-state index is 12.0. The fraction of sp³-hybridized carbons (Fsp3) is 0.294. The maximum absolute atomic E-state index is 12.0. The SMILES string of the molecule is COc1ccc(C(=O)NCCCCn2cc([N+](=O)[O-])ccc2=O)cc1. The van der Waals surface area contributed by atoms with Gasteiger partial charge >= 0.3 is 0 Å². The maximum Gasteiger partial charge on any atom is 0.285 e. The number of amides is 1. The van der Waals surface area contributed by atoms with Gasteiger partial charge in [-0.15, -0.1) is 0 Å². The summed E-state index contributed by atoms with van der Waals surface area (Å²) in [5, 5.41) is 13.5. The lowest BCUT2D eigenvalue weighted by Crippen LogP contribution is -2.25. The van der Waals surface area contributed by atoms with E-state index in [0.29, 0.717) is 37.2 Å². The largest absolute Gasteiger partial charge is 0.497 e. The van der Waals surface area contributed by atoms with Gasteiger partial charge in [0, 0.05) is 30.8 Å². The minimum atomic E-state index is -0.537. The Kier molecular flexibility index (Phi) is 6.27. The first-order valence-corrected chi connectivity index (χ1v) is 7.78. The third kappa shape index (κ3) is 5.17. The number of nitrogens with zero attached hydrogens (tertiary/aromatic N) is 2. The molecular formula is C17H19N3O5. The van der Waals surface area contributed by atoms with Crippen molar-refractivity contribution in [1.82, 2.24) is 9.88 Å². The molecule has 0 fully saturated rings. The monoisotopic (exact) mass is 345 g/mol. The van der Waals surface area contributed by atoms with E-state index in [9.17, 15) is 19.7 Å². The number of rotatable bonds is 8. The van der Waals surface area contributed by atoms with Gasteiger partial charge in [-0.05, 0) is 37.1 Å². The predicted molar refractivity (Wildman–Crippen MR) is 91.9 cm³/mol. The van der Waals surface area contributed by atoms with Crippen LogP contribution in [0.3, 0.4) is 0 Å². The molecule has 1 aromatic carbocycles. The Bertz CT molecular complexity index is 799. The van der Waals surface area contributed by atoms with E-state index in [-0.39, 0.29) is 17.2 Å². The van der Waals surface area contributed by atoms with Crippen LogP contribution < -0.4 is 15.6 Å². The molecule has 0 unspecified atom stereocenters. The number of nitrogens with one attached hydrogen (secondary N) is 1. The lowest BCUT2D eigenvalue weighted by atomic mass is 10.2. The lowest BCUT2D eigenvalue weighted by Gasteiger charge is -2.07. The number of aryl methyl sites for hydroxylation is 1. The second kappa shape index (κ2) is 8.62. The quantitative estimate of drug-likeness (QED) is 0.447. The molecule has 2 rings (SSSR count). The third-order valence-corrected chi connectivity index (χ3v) is 3.64. The molecule has 0 saturated carbocycles. The Morgan fingerprint density at radius 1 is 1.20 bits per heavy atom. The number of methoxy groups -OCH3 is 1. The first-order valence-electron chi connectivity index (χ1n) is 7.78. The van der Waals surface area contributed by atoms with Crippen LogP contribution >= 0.6 is 0 Å². The van der Waals surface area contributed by atoms with E-state index in [1.165, 1.54) is 22.9 Å². The summed E-state index contributed by atoms with van der Waals surface area (Å²) >= 11 is 0. The summed E-state index contributed by atoms with van der Waals surface area (Å²) < 4.78 is 6.34. The molecule has 1 N–H and O–H groups in total. The van der Waals surface area contributed by atoms with Gasteiger partial charge in [-0.1, -0.05) is 0 Å². The molecule has 132 valence electrons. The van der Waals surface area contributed by atoms with Crippen molar-refractivity contribution in [3.63, 3.8) is 0 Å². The third-order valence-electron chi connectivity index (χ3n) is 3.64. The van der Waals surface area contributed by atoms with Crippen molar-refractivity contribution in [3.05, 3.63) is 68.6 Å². The van der Waals surface area contributed by atoms with Crippen LogP contribution in [0.2, 0.25) is 0 Å². The number of carbonyl (C=O) groups is 1. The smallest absolute Gasteiger partial charge is 0.285 e. The summed E-state index contributed by atoms with van der Waals surface area (Å²) in [6.45, 7) is 0.813. The summed E-state index contributed by atoms with van der Waals surface area (Å²) in [4.78, 5) is 33.8. The van der Waals surface area contributed by atoms with Crippen LogP contribution in [0.4, 0.5) is 5.69 Å². The Labute approximate surface area is 144 Å². The van der Waals surface area contributed by atoms with Gasteiger partial charge in [0.1, 0.15) is 5.75 Å². The Balaban J connectivity index is 1.77. The summed E-state index contributed by atoms with van der Waals surface area (Å²) in [7, 11) is 1.56. The van der Waals surface area contributed by atoms with Crippen LogP contribution in [0.5, 0.6) is 5.75 Å². The highest BCUT2D eigenvalue weighted by Crippen LogP contribution is 2.11. The molecule has 0 aliphatic rings. The first-order chi connectivity index (χ1) is 12.0. The molecular weight excluding hydrogens is 326 g/mol. The average molecular weight is 345 g/mol. The van der Waals surface area contributed by atoms with Crippen molar-refractivity contribution in [2.75, 3.05) is 13.7 Å². The predicted octanol–water partition coefficient (Wildman–Crippen LogP) is 1.98. The molecule has 25 heavy (non-hydrogen) atoms. The normalized spacial score (nSPS) is 10.3. The second-order valence-electron chi connectivity index (χ2n) is 5.37. The fourth-order valence-electron chi connectivity index (χ4n) is 2.25.